The van der Waals surface area contributed by atoms with Gasteiger partial charge in [0, 0.05) is 15.1 Å². The Morgan fingerprint density at radius 1 is 1.14 bits per heavy atom. The zero-order valence-electron chi connectivity index (χ0n) is 11.9. The van der Waals surface area contributed by atoms with Crippen LogP contribution >= 0.6 is 27.5 Å². The molecule has 0 fully saturated rings. The Kier molecular flexibility index (Phi) is 5.65. The number of para-hydroxylation sites is 1. The summed E-state index contributed by atoms with van der Waals surface area (Å²) in [4.78, 5) is 0. The van der Waals surface area contributed by atoms with E-state index in [2.05, 4.69) is 21.4 Å². The molecule has 1 atom stereocenters. The third-order valence-corrected chi connectivity index (χ3v) is 3.85. The lowest BCUT2D eigenvalue weighted by molar-refractivity contribution is 0.238. The van der Waals surface area contributed by atoms with Gasteiger partial charge in [-0.05, 0) is 37.6 Å². The van der Waals surface area contributed by atoms with Crippen LogP contribution in [0.4, 0.5) is 0 Å². The molecule has 0 aromatic heterocycles. The van der Waals surface area contributed by atoms with E-state index < -0.39 is 0 Å². The molecule has 0 heterocycles. The summed E-state index contributed by atoms with van der Waals surface area (Å²) in [5.41, 5.74) is 4.69. The number of ether oxygens (including phenoxy) is 1. The van der Waals surface area contributed by atoms with Gasteiger partial charge in [0.15, 0.2) is 0 Å². The maximum atomic E-state index is 6.34. The van der Waals surface area contributed by atoms with Crippen LogP contribution < -0.4 is 16.0 Å². The van der Waals surface area contributed by atoms with Crippen molar-refractivity contribution < 1.29 is 4.74 Å². The first-order chi connectivity index (χ1) is 10.0. The maximum Gasteiger partial charge on any atom is 0.124 e. The minimum absolute atomic E-state index is 0.0879. The van der Waals surface area contributed by atoms with Crippen LogP contribution in [0.2, 0.25) is 5.02 Å². The van der Waals surface area contributed by atoms with Crippen molar-refractivity contribution in [1.82, 2.24) is 5.43 Å². The van der Waals surface area contributed by atoms with Crippen molar-refractivity contribution >= 4 is 27.5 Å². The van der Waals surface area contributed by atoms with Crippen molar-refractivity contribution in [2.45, 2.75) is 26.0 Å². The predicted octanol–water partition coefficient (Wildman–Crippen LogP) is 4.44. The Labute approximate surface area is 138 Å². The van der Waals surface area contributed by atoms with Crippen LogP contribution in [0.1, 0.15) is 31.0 Å². The molecule has 0 aliphatic carbocycles. The second-order valence-electron chi connectivity index (χ2n) is 4.97. The molecule has 5 heteroatoms. The highest BCUT2D eigenvalue weighted by atomic mass is 79.9. The third kappa shape index (κ3) is 3.98. The van der Waals surface area contributed by atoms with E-state index in [9.17, 15) is 0 Å². The molecule has 0 saturated carbocycles. The lowest BCUT2D eigenvalue weighted by Crippen LogP contribution is -2.29. The van der Waals surface area contributed by atoms with Gasteiger partial charge in [-0.25, -0.2) is 5.43 Å². The topological polar surface area (TPSA) is 47.3 Å². The molecule has 21 heavy (non-hydrogen) atoms. The van der Waals surface area contributed by atoms with Crippen molar-refractivity contribution in [3.63, 3.8) is 0 Å². The maximum absolute atomic E-state index is 6.34. The zero-order chi connectivity index (χ0) is 15.4. The first kappa shape index (κ1) is 16.3. The molecule has 0 aliphatic rings. The first-order valence-electron chi connectivity index (χ1n) is 6.69. The number of hydrogen-bond donors (Lipinski definition) is 2. The Hall–Kier alpha value is -1.07. The summed E-state index contributed by atoms with van der Waals surface area (Å²) in [7, 11) is 0. The van der Waals surface area contributed by atoms with Gasteiger partial charge in [-0.2, -0.15) is 0 Å². The van der Waals surface area contributed by atoms with E-state index in [4.69, 9.17) is 22.2 Å². The van der Waals surface area contributed by atoms with Crippen LogP contribution in [-0.2, 0) is 0 Å². The van der Waals surface area contributed by atoms with Gasteiger partial charge in [0.05, 0.1) is 12.1 Å². The predicted molar refractivity (Wildman–Crippen MR) is 90.5 cm³/mol. The van der Waals surface area contributed by atoms with Crippen LogP contribution in [0.5, 0.6) is 5.75 Å². The third-order valence-electron chi connectivity index (χ3n) is 3.03. The van der Waals surface area contributed by atoms with Gasteiger partial charge in [-0.3, -0.25) is 5.84 Å². The second kappa shape index (κ2) is 7.27. The molecule has 0 aliphatic heterocycles. The molecule has 3 nitrogen and oxygen atoms in total. The van der Waals surface area contributed by atoms with Gasteiger partial charge >= 0.3 is 0 Å². The molecule has 0 spiro atoms. The molecule has 0 amide bonds. The highest BCUT2D eigenvalue weighted by Gasteiger charge is 2.20. The van der Waals surface area contributed by atoms with Crippen molar-refractivity contribution in [1.29, 1.82) is 0 Å². The van der Waals surface area contributed by atoms with Crippen LogP contribution in [-0.4, -0.2) is 6.10 Å². The molecule has 112 valence electrons. The monoisotopic (exact) mass is 368 g/mol. The number of hydrogen-bond acceptors (Lipinski definition) is 3. The van der Waals surface area contributed by atoms with Crippen molar-refractivity contribution in [3.8, 4) is 5.75 Å². The van der Waals surface area contributed by atoms with Crippen LogP contribution in [0.3, 0.4) is 0 Å². The molecule has 0 saturated heterocycles. The summed E-state index contributed by atoms with van der Waals surface area (Å²) in [5, 5.41) is 0.645. The highest BCUT2D eigenvalue weighted by molar-refractivity contribution is 9.10. The van der Waals surface area contributed by atoms with E-state index in [-0.39, 0.29) is 12.1 Å². The largest absolute Gasteiger partial charge is 0.491 e. The van der Waals surface area contributed by atoms with Crippen LogP contribution in [0.15, 0.2) is 46.9 Å². The Bertz CT molecular complexity index is 619. The molecule has 0 bridgehead atoms. The average molecular weight is 370 g/mol. The number of halogens is 2. The van der Waals surface area contributed by atoms with Gasteiger partial charge < -0.3 is 4.74 Å². The molecule has 2 rings (SSSR count). The van der Waals surface area contributed by atoms with Gasteiger partial charge in [0.2, 0.25) is 0 Å². The van der Waals surface area contributed by atoms with Crippen LogP contribution in [0.25, 0.3) is 0 Å². The quantitative estimate of drug-likeness (QED) is 0.605. The number of nitrogens with one attached hydrogen (secondary N) is 1. The normalized spacial score (nSPS) is 12.5. The van der Waals surface area contributed by atoms with E-state index in [1.54, 1.807) is 0 Å². The summed E-state index contributed by atoms with van der Waals surface area (Å²) >= 11 is 9.75. The number of hydrazine groups is 1. The average Bonchev–Trinajstić information content (AvgIpc) is 2.43. The number of rotatable bonds is 5. The summed E-state index contributed by atoms with van der Waals surface area (Å²) in [5.74, 6) is 6.57. The summed E-state index contributed by atoms with van der Waals surface area (Å²) in [6.07, 6.45) is 0.0879. The minimum atomic E-state index is -0.236. The standard InChI is InChI=1S/C16H18BrClN2O/c1-10(2)21-15-6-4-3-5-13(15)16(20-19)12-8-7-11(17)9-14(12)18/h3-10,16,20H,19H2,1-2H3. The molecular formula is C16H18BrClN2O. The fourth-order valence-corrected chi connectivity index (χ4v) is 2.95. The van der Waals surface area contributed by atoms with Crippen molar-refractivity contribution in [2.75, 3.05) is 0 Å². The van der Waals surface area contributed by atoms with E-state index in [0.29, 0.717) is 5.02 Å². The van der Waals surface area contributed by atoms with Crippen molar-refractivity contribution in [2.24, 2.45) is 5.84 Å². The summed E-state index contributed by atoms with van der Waals surface area (Å²) in [6.45, 7) is 3.99. The summed E-state index contributed by atoms with van der Waals surface area (Å²) in [6, 6.07) is 13.3. The molecule has 3 N–H and O–H groups in total. The smallest absolute Gasteiger partial charge is 0.124 e. The van der Waals surface area contributed by atoms with Gasteiger partial charge in [-0.1, -0.05) is 51.8 Å². The Morgan fingerprint density at radius 3 is 2.48 bits per heavy atom. The first-order valence-corrected chi connectivity index (χ1v) is 7.86. The molecule has 0 radical (unpaired) electrons. The summed E-state index contributed by atoms with van der Waals surface area (Å²) < 4.78 is 6.79. The van der Waals surface area contributed by atoms with E-state index >= 15 is 0 Å². The number of benzene rings is 2. The molecule has 2 aromatic rings. The Morgan fingerprint density at radius 2 is 1.86 bits per heavy atom. The number of nitrogens with two attached hydrogens (primary N) is 1. The molecule has 2 aromatic carbocycles. The fourth-order valence-electron chi connectivity index (χ4n) is 2.16. The highest BCUT2D eigenvalue weighted by Crippen LogP contribution is 2.34. The van der Waals surface area contributed by atoms with E-state index in [0.717, 1.165) is 21.3 Å². The lowest BCUT2D eigenvalue weighted by Gasteiger charge is -2.22. The van der Waals surface area contributed by atoms with Gasteiger partial charge in [-0.15, -0.1) is 0 Å². The van der Waals surface area contributed by atoms with Gasteiger partial charge in [0.25, 0.3) is 0 Å². The fraction of sp³-hybridized carbons (Fsp3) is 0.250. The molecular weight excluding hydrogens is 352 g/mol. The minimum Gasteiger partial charge on any atom is -0.491 e. The Balaban J connectivity index is 2.46. The SMILES string of the molecule is CC(C)Oc1ccccc1C(NN)c1ccc(Br)cc1Cl. The molecule has 1 unspecified atom stereocenters. The zero-order valence-corrected chi connectivity index (χ0v) is 14.3. The van der Waals surface area contributed by atoms with Crippen molar-refractivity contribution in [3.05, 3.63) is 63.1 Å². The van der Waals surface area contributed by atoms with E-state index in [1.165, 1.54) is 0 Å². The van der Waals surface area contributed by atoms with Gasteiger partial charge in [0.1, 0.15) is 5.75 Å². The van der Waals surface area contributed by atoms with E-state index in [1.807, 2.05) is 56.3 Å². The van der Waals surface area contributed by atoms with Crippen LogP contribution in [0, 0.1) is 0 Å². The second-order valence-corrected chi connectivity index (χ2v) is 6.29. The lowest BCUT2D eigenvalue weighted by atomic mass is 9.98.